The first kappa shape index (κ1) is 10.4. The van der Waals surface area contributed by atoms with Crippen LogP contribution in [0.25, 0.3) is 0 Å². The normalized spacial score (nSPS) is 24.1. The maximum Gasteiger partial charge on any atom is 0.171 e. The summed E-state index contributed by atoms with van der Waals surface area (Å²) in [5.41, 5.74) is 0.255. The Morgan fingerprint density at radius 3 is 2.93 bits per heavy atom. The van der Waals surface area contributed by atoms with Gasteiger partial charge in [0.15, 0.2) is 16.1 Å². The van der Waals surface area contributed by atoms with Gasteiger partial charge >= 0.3 is 0 Å². The van der Waals surface area contributed by atoms with Crippen LogP contribution in [0.4, 0.5) is 0 Å². The molecule has 0 spiro atoms. The fraction of sp³-hybridized carbons (Fsp3) is 0.556. The molecule has 0 aliphatic carbocycles. The Labute approximate surface area is 87.4 Å². The van der Waals surface area contributed by atoms with Crippen LogP contribution in [0.15, 0.2) is 10.6 Å². The third-order valence-electron chi connectivity index (χ3n) is 2.51. The molecule has 1 unspecified atom stereocenters. The smallest absolute Gasteiger partial charge is 0.171 e. The van der Waals surface area contributed by atoms with Gasteiger partial charge in [-0.3, -0.25) is 4.79 Å². The van der Waals surface area contributed by atoms with Gasteiger partial charge in [-0.1, -0.05) is 5.16 Å². The fourth-order valence-corrected chi connectivity index (χ4v) is 3.66. The molecule has 1 saturated heterocycles. The minimum absolute atomic E-state index is 0.0995. The zero-order chi connectivity index (χ0) is 10.9. The van der Waals surface area contributed by atoms with E-state index in [0.717, 1.165) is 0 Å². The van der Waals surface area contributed by atoms with Gasteiger partial charge in [0.25, 0.3) is 0 Å². The summed E-state index contributed by atoms with van der Waals surface area (Å²) in [6.45, 7) is 0. The predicted molar refractivity (Wildman–Crippen MR) is 52.4 cm³/mol. The first-order valence-corrected chi connectivity index (χ1v) is 6.52. The maximum absolute atomic E-state index is 11.2. The second kappa shape index (κ2) is 3.77. The highest BCUT2D eigenvalue weighted by molar-refractivity contribution is 7.91. The molecule has 0 aromatic carbocycles. The molecule has 1 aromatic heterocycles. The van der Waals surface area contributed by atoms with Gasteiger partial charge in [-0.15, -0.1) is 0 Å². The van der Waals surface area contributed by atoms with Gasteiger partial charge in [-0.25, -0.2) is 8.42 Å². The van der Waals surface area contributed by atoms with E-state index in [2.05, 4.69) is 5.16 Å². The molecule has 1 atom stereocenters. The van der Waals surface area contributed by atoms with Crippen LogP contribution in [0, 0.1) is 5.92 Å². The summed E-state index contributed by atoms with van der Waals surface area (Å²) in [4.78, 5) is 10.3. The van der Waals surface area contributed by atoms with E-state index < -0.39 is 9.84 Å². The van der Waals surface area contributed by atoms with Crippen LogP contribution < -0.4 is 0 Å². The topological polar surface area (TPSA) is 77.2 Å². The lowest BCUT2D eigenvalue weighted by molar-refractivity contribution is 0.111. The van der Waals surface area contributed by atoms with Crippen molar-refractivity contribution in [1.82, 2.24) is 5.16 Å². The van der Waals surface area contributed by atoms with E-state index in [0.29, 0.717) is 24.9 Å². The summed E-state index contributed by atoms with van der Waals surface area (Å²) < 4.78 is 27.3. The number of nitrogens with zero attached hydrogens (tertiary/aromatic N) is 1. The summed E-state index contributed by atoms with van der Waals surface area (Å²) in [6, 6.07) is 1.55. The fourth-order valence-electron chi connectivity index (χ4n) is 1.80. The minimum atomic E-state index is -2.85. The molecule has 5 nitrogen and oxygen atoms in total. The van der Waals surface area contributed by atoms with Gasteiger partial charge in [-0.05, 0) is 12.3 Å². The summed E-state index contributed by atoms with van der Waals surface area (Å²) in [5, 5.41) is 3.52. The second-order valence-electron chi connectivity index (χ2n) is 3.81. The van der Waals surface area contributed by atoms with Crippen LogP contribution in [0.1, 0.15) is 22.7 Å². The second-order valence-corrected chi connectivity index (χ2v) is 6.04. The predicted octanol–water partition coefficient (Wildman–Crippen LogP) is 0.464. The molecule has 1 aliphatic heterocycles. The van der Waals surface area contributed by atoms with Crippen molar-refractivity contribution in [2.24, 2.45) is 5.92 Å². The van der Waals surface area contributed by atoms with E-state index in [1.807, 2.05) is 0 Å². The molecule has 2 heterocycles. The SMILES string of the molecule is O=Cc1cc(CC2CCS(=O)(=O)C2)on1. The van der Waals surface area contributed by atoms with Crippen molar-refractivity contribution in [2.45, 2.75) is 12.8 Å². The highest BCUT2D eigenvalue weighted by atomic mass is 32.2. The third-order valence-corrected chi connectivity index (χ3v) is 4.35. The van der Waals surface area contributed by atoms with Crippen molar-refractivity contribution >= 4 is 16.1 Å². The van der Waals surface area contributed by atoms with Crippen molar-refractivity contribution in [3.05, 3.63) is 17.5 Å². The molecule has 2 rings (SSSR count). The molecule has 0 saturated carbocycles. The number of carbonyl (C=O) groups is 1. The Hall–Kier alpha value is -1.17. The van der Waals surface area contributed by atoms with Gasteiger partial charge in [0.2, 0.25) is 0 Å². The number of hydrogen-bond acceptors (Lipinski definition) is 5. The van der Waals surface area contributed by atoms with Crippen LogP contribution in [-0.2, 0) is 16.3 Å². The maximum atomic E-state index is 11.2. The molecule has 0 radical (unpaired) electrons. The average molecular weight is 229 g/mol. The molecular formula is C9H11NO4S. The Bertz CT molecular complexity index is 462. The van der Waals surface area contributed by atoms with E-state index >= 15 is 0 Å². The molecule has 6 heteroatoms. The van der Waals surface area contributed by atoms with E-state index in [9.17, 15) is 13.2 Å². The average Bonchev–Trinajstić information content (AvgIpc) is 2.73. The number of hydrogen-bond donors (Lipinski definition) is 0. The Balaban J connectivity index is 2.01. The molecule has 0 bridgehead atoms. The van der Waals surface area contributed by atoms with Gasteiger partial charge in [0.05, 0.1) is 11.5 Å². The lowest BCUT2D eigenvalue weighted by Crippen LogP contribution is -2.06. The monoisotopic (exact) mass is 229 g/mol. The summed E-state index contributed by atoms with van der Waals surface area (Å²) >= 11 is 0. The Kier molecular flexibility index (Phi) is 2.60. The molecule has 1 aliphatic rings. The molecule has 82 valence electrons. The minimum Gasteiger partial charge on any atom is -0.361 e. The quantitative estimate of drug-likeness (QED) is 0.704. The molecule has 1 aromatic rings. The summed E-state index contributed by atoms with van der Waals surface area (Å²) in [7, 11) is -2.85. The number of sulfone groups is 1. The lowest BCUT2D eigenvalue weighted by atomic mass is 10.0. The Morgan fingerprint density at radius 1 is 1.60 bits per heavy atom. The van der Waals surface area contributed by atoms with E-state index in [1.54, 1.807) is 6.07 Å². The van der Waals surface area contributed by atoms with Gasteiger partial charge in [0, 0.05) is 12.5 Å². The van der Waals surface area contributed by atoms with Gasteiger partial charge in [-0.2, -0.15) is 0 Å². The zero-order valence-electron chi connectivity index (χ0n) is 8.05. The van der Waals surface area contributed by atoms with Crippen molar-refractivity contribution < 1.29 is 17.7 Å². The third kappa shape index (κ3) is 2.44. The van der Waals surface area contributed by atoms with Gasteiger partial charge in [0.1, 0.15) is 11.5 Å². The van der Waals surface area contributed by atoms with Crippen LogP contribution in [0.2, 0.25) is 0 Å². The van der Waals surface area contributed by atoms with Gasteiger partial charge < -0.3 is 4.52 Å². The van der Waals surface area contributed by atoms with E-state index in [4.69, 9.17) is 4.52 Å². The first-order chi connectivity index (χ1) is 7.09. The number of aldehydes is 1. The van der Waals surface area contributed by atoms with Crippen LogP contribution >= 0.6 is 0 Å². The lowest BCUT2D eigenvalue weighted by Gasteiger charge is -2.02. The number of carbonyl (C=O) groups excluding carboxylic acids is 1. The molecule has 0 amide bonds. The van der Waals surface area contributed by atoms with Crippen molar-refractivity contribution in [2.75, 3.05) is 11.5 Å². The van der Waals surface area contributed by atoms with Crippen molar-refractivity contribution in [3.8, 4) is 0 Å². The highest BCUT2D eigenvalue weighted by Crippen LogP contribution is 2.22. The Morgan fingerprint density at radius 2 is 2.40 bits per heavy atom. The largest absolute Gasteiger partial charge is 0.361 e. The molecule has 15 heavy (non-hydrogen) atoms. The highest BCUT2D eigenvalue weighted by Gasteiger charge is 2.28. The molecule has 1 fully saturated rings. The molecular weight excluding hydrogens is 218 g/mol. The van der Waals surface area contributed by atoms with E-state index in [1.165, 1.54) is 0 Å². The number of aromatic nitrogens is 1. The standard InChI is InChI=1S/C9H11NO4S/c11-5-8-4-9(14-10-8)3-7-1-2-15(12,13)6-7/h4-5,7H,1-3,6H2. The van der Waals surface area contributed by atoms with Crippen LogP contribution in [0.3, 0.4) is 0 Å². The van der Waals surface area contributed by atoms with Crippen molar-refractivity contribution in [1.29, 1.82) is 0 Å². The van der Waals surface area contributed by atoms with Crippen LogP contribution in [0.5, 0.6) is 0 Å². The van der Waals surface area contributed by atoms with Crippen LogP contribution in [-0.4, -0.2) is 31.4 Å². The van der Waals surface area contributed by atoms with E-state index in [-0.39, 0.29) is 23.1 Å². The number of rotatable bonds is 3. The zero-order valence-corrected chi connectivity index (χ0v) is 8.87. The summed E-state index contributed by atoms with van der Waals surface area (Å²) in [5.74, 6) is 1.15. The molecule has 0 N–H and O–H groups in total. The summed E-state index contributed by atoms with van der Waals surface area (Å²) in [6.07, 6.45) is 1.82. The first-order valence-electron chi connectivity index (χ1n) is 4.70. The van der Waals surface area contributed by atoms with Crippen molar-refractivity contribution in [3.63, 3.8) is 0 Å².